The zero-order valence-corrected chi connectivity index (χ0v) is 14.2. The van der Waals surface area contributed by atoms with Gasteiger partial charge < -0.3 is 10.7 Å². The number of nitrogens with two attached hydrogens (primary N) is 1. The molecule has 3 aromatic rings. The third kappa shape index (κ3) is 3.28. The van der Waals surface area contributed by atoms with Crippen molar-refractivity contribution in [3.8, 4) is 11.4 Å². The van der Waals surface area contributed by atoms with Crippen molar-refractivity contribution in [2.75, 3.05) is 13.1 Å². The number of primary amides is 1. The van der Waals surface area contributed by atoms with Crippen LogP contribution in [0, 0.1) is 0 Å². The fraction of sp³-hybridized carbons (Fsp3) is 0.300. The second-order valence-electron chi connectivity index (χ2n) is 6.69. The van der Waals surface area contributed by atoms with Crippen LogP contribution < -0.4 is 5.73 Å². The lowest BCUT2D eigenvalue weighted by molar-refractivity contribution is 0.100. The predicted molar refractivity (Wildman–Crippen MR) is 99.2 cm³/mol. The average molecular weight is 334 g/mol. The molecule has 1 aromatic heterocycles. The van der Waals surface area contributed by atoms with Crippen LogP contribution in [0.4, 0.5) is 0 Å². The van der Waals surface area contributed by atoms with E-state index in [2.05, 4.69) is 33.1 Å². The summed E-state index contributed by atoms with van der Waals surface area (Å²) in [6.45, 7) is 3.33. The molecule has 5 heteroatoms. The number of rotatable bonds is 4. The Labute approximate surface area is 146 Å². The Morgan fingerprint density at radius 3 is 2.72 bits per heavy atom. The molecule has 0 aliphatic carbocycles. The number of aromatic nitrogens is 2. The highest BCUT2D eigenvalue weighted by atomic mass is 16.1. The van der Waals surface area contributed by atoms with Gasteiger partial charge in [0.15, 0.2) is 0 Å². The SMILES string of the molecule is NC(=O)c1cccc2[nH]c(-c3cccc(CN4CCCCC4)c3)nc12. The van der Waals surface area contributed by atoms with Crippen molar-refractivity contribution in [3.05, 3.63) is 53.6 Å². The van der Waals surface area contributed by atoms with Crippen LogP contribution in [0.1, 0.15) is 35.2 Å². The van der Waals surface area contributed by atoms with Gasteiger partial charge in [-0.2, -0.15) is 0 Å². The number of aromatic amines is 1. The molecule has 3 N–H and O–H groups in total. The number of hydrogen-bond acceptors (Lipinski definition) is 3. The second-order valence-corrected chi connectivity index (χ2v) is 6.69. The van der Waals surface area contributed by atoms with E-state index in [9.17, 15) is 4.79 Å². The van der Waals surface area contributed by atoms with Gasteiger partial charge in [0.2, 0.25) is 0 Å². The van der Waals surface area contributed by atoms with Crippen molar-refractivity contribution >= 4 is 16.9 Å². The molecular weight excluding hydrogens is 312 g/mol. The van der Waals surface area contributed by atoms with Crippen LogP contribution in [0.3, 0.4) is 0 Å². The zero-order chi connectivity index (χ0) is 17.2. The van der Waals surface area contributed by atoms with Crippen molar-refractivity contribution in [3.63, 3.8) is 0 Å². The molecule has 0 atom stereocenters. The number of nitrogens with one attached hydrogen (secondary N) is 1. The lowest BCUT2D eigenvalue weighted by Gasteiger charge is -2.26. The Morgan fingerprint density at radius 1 is 1.12 bits per heavy atom. The molecule has 25 heavy (non-hydrogen) atoms. The van der Waals surface area contributed by atoms with Gasteiger partial charge in [-0.05, 0) is 49.7 Å². The lowest BCUT2D eigenvalue weighted by atomic mass is 10.1. The molecule has 4 rings (SSSR count). The van der Waals surface area contributed by atoms with E-state index in [0.717, 1.165) is 23.4 Å². The van der Waals surface area contributed by atoms with Crippen molar-refractivity contribution in [1.29, 1.82) is 0 Å². The van der Waals surface area contributed by atoms with E-state index < -0.39 is 5.91 Å². The van der Waals surface area contributed by atoms with E-state index in [1.807, 2.05) is 18.2 Å². The summed E-state index contributed by atoms with van der Waals surface area (Å²) in [5.41, 5.74) is 9.68. The van der Waals surface area contributed by atoms with Gasteiger partial charge in [0, 0.05) is 12.1 Å². The lowest BCUT2D eigenvalue weighted by Crippen LogP contribution is -2.29. The molecule has 0 radical (unpaired) electrons. The van der Waals surface area contributed by atoms with E-state index >= 15 is 0 Å². The minimum atomic E-state index is -0.456. The number of hydrogen-bond donors (Lipinski definition) is 2. The Hall–Kier alpha value is -2.66. The van der Waals surface area contributed by atoms with Crippen LogP contribution in [0.5, 0.6) is 0 Å². The molecule has 5 nitrogen and oxygen atoms in total. The van der Waals surface area contributed by atoms with Gasteiger partial charge in [0.1, 0.15) is 11.3 Å². The monoisotopic (exact) mass is 334 g/mol. The molecular formula is C20H22N4O. The van der Waals surface area contributed by atoms with Crippen LogP contribution in [0.25, 0.3) is 22.4 Å². The van der Waals surface area contributed by atoms with Crippen molar-refractivity contribution < 1.29 is 4.79 Å². The second kappa shape index (κ2) is 6.69. The van der Waals surface area contributed by atoms with Crippen molar-refractivity contribution in [2.24, 2.45) is 5.73 Å². The summed E-state index contributed by atoms with van der Waals surface area (Å²) in [6, 6.07) is 13.9. The molecule has 128 valence electrons. The predicted octanol–water partition coefficient (Wildman–Crippen LogP) is 3.31. The first-order chi connectivity index (χ1) is 12.2. The summed E-state index contributed by atoms with van der Waals surface area (Å²) in [7, 11) is 0. The van der Waals surface area contributed by atoms with E-state index in [1.54, 1.807) is 6.07 Å². The molecule has 0 unspecified atom stereocenters. The number of piperidine rings is 1. The highest BCUT2D eigenvalue weighted by molar-refractivity contribution is 6.04. The molecule has 1 amide bonds. The number of likely N-dealkylation sites (tertiary alicyclic amines) is 1. The Bertz CT molecular complexity index is 909. The fourth-order valence-corrected chi connectivity index (χ4v) is 3.56. The number of para-hydroxylation sites is 1. The Kier molecular flexibility index (Phi) is 4.24. The zero-order valence-electron chi connectivity index (χ0n) is 14.2. The summed E-state index contributed by atoms with van der Waals surface area (Å²) < 4.78 is 0. The first-order valence-corrected chi connectivity index (χ1v) is 8.81. The third-order valence-corrected chi connectivity index (χ3v) is 4.83. The molecule has 2 heterocycles. The van der Waals surface area contributed by atoms with Gasteiger partial charge in [-0.25, -0.2) is 4.98 Å². The van der Waals surface area contributed by atoms with Crippen LogP contribution in [-0.2, 0) is 6.54 Å². The molecule has 2 aromatic carbocycles. The Balaban J connectivity index is 1.65. The van der Waals surface area contributed by atoms with Gasteiger partial charge in [-0.3, -0.25) is 9.69 Å². The number of benzene rings is 2. The normalized spacial score (nSPS) is 15.5. The molecule has 1 aliphatic heterocycles. The topological polar surface area (TPSA) is 75.0 Å². The third-order valence-electron chi connectivity index (χ3n) is 4.83. The standard InChI is InChI=1S/C20H22N4O/c21-19(25)16-8-5-9-17-18(16)23-20(22-17)15-7-4-6-14(12-15)13-24-10-2-1-3-11-24/h4-9,12H,1-3,10-11,13H2,(H2,21,25)(H,22,23). The highest BCUT2D eigenvalue weighted by Crippen LogP contribution is 2.24. The maximum Gasteiger partial charge on any atom is 0.250 e. The number of amides is 1. The summed E-state index contributed by atoms with van der Waals surface area (Å²) in [6.07, 6.45) is 3.93. The van der Waals surface area contributed by atoms with E-state index in [-0.39, 0.29) is 0 Å². The quantitative estimate of drug-likeness (QED) is 0.768. The summed E-state index contributed by atoms with van der Waals surface area (Å²) in [5.74, 6) is 0.312. The first-order valence-electron chi connectivity index (χ1n) is 8.81. The number of fused-ring (bicyclic) bond motifs is 1. The van der Waals surface area contributed by atoms with Gasteiger partial charge in [-0.15, -0.1) is 0 Å². The molecule has 1 saturated heterocycles. The maximum absolute atomic E-state index is 11.6. The number of carbonyl (C=O) groups is 1. The largest absolute Gasteiger partial charge is 0.366 e. The van der Waals surface area contributed by atoms with Gasteiger partial charge in [0.05, 0.1) is 11.1 Å². The fourth-order valence-electron chi connectivity index (χ4n) is 3.56. The van der Waals surface area contributed by atoms with E-state index in [1.165, 1.54) is 37.9 Å². The minimum absolute atomic E-state index is 0.449. The summed E-state index contributed by atoms with van der Waals surface area (Å²) >= 11 is 0. The van der Waals surface area contributed by atoms with E-state index in [0.29, 0.717) is 11.1 Å². The van der Waals surface area contributed by atoms with Gasteiger partial charge >= 0.3 is 0 Å². The maximum atomic E-state index is 11.6. The Morgan fingerprint density at radius 2 is 1.92 bits per heavy atom. The van der Waals surface area contributed by atoms with Crippen LogP contribution >= 0.6 is 0 Å². The minimum Gasteiger partial charge on any atom is -0.366 e. The number of nitrogens with zero attached hydrogens (tertiary/aromatic N) is 2. The van der Waals surface area contributed by atoms with Crippen molar-refractivity contribution in [1.82, 2.24) is 14.9 Å². The number of imidazole rings is 1. The van der Waals surface area contributed by atoms with Crippen LogP contribution in [0.15, 0.2) is 42.5 Å². The first kappa shape index (κ1) is 15.8. The molecule has 0 bridgehead atoms. The van der Waals surface area contributed by atoms with Crippen LogP contribution in [0.2, 0.25) is 0 Å². The smallest absolute Gasteiger partial charge is 0.250 e. The van der Waals surface area contributed by atoms with E-state index in [4.69, 9.17) is 5.73 Å². The molecule has 1 fully saturated rings. The van der Waals surface area contributed by atoms with Gasteiger partial charge in [-0.1, -0.05) is 30.7 Å². The molecule has 1 aliphatic rings. The summed E-state index contributed by atoms with van der Waals surface area (Å²) in [4.78, 5) is 22.0. The summed E-state index contributed by atoms with van der Waals surface area (Å²) in [5, 5.41) is 0. The van der Waals surface area contributed by atoms with Gasteiger partial charge in [0.25, 0.3) is 5.91 Å². The number of carbonyl (C=O) groups excluding carboxylic acids is 1. The van der Waals surface area contributed by atoms with Crippen molar-refractivity contribution in [2.45, 2.75) is 25.8 Å². The highest BCUT2D eigenvalue weighted by Gasteiger charge is 2.14. The molecule has 0 saturated carbocycles. The number of H-pyrrole nitrogens is 1. The molecule has 0 spiro atoms. The average Bonchev–Trinajstić information content (AvgIpc) is 3.07. The van der Waals surface area contributed by atoms with Crippen LogP contribution in [-0.4, -0.2) is 33.9 Å².